The highest BCUT2D eigenvalue weighted by molar-refractivity contribution is 7.88. The van der Waals surface area contributed by atoms with Gasteiger partial charge in [0.1, 0.15) is 0 Å². The van der Waals surface area contributed by atoms with Crippen molar-refractivity contribution in [3.8, 4) is 0 Å². The third-order valence-corrected chi connectivity index (χ3v) is 6.49. The molecule has 2 fully saturated rings. The molecule has 4 nitrogen and oxygen atoms in total. The standard InChI is InChI=1S/C16H31NO3S/c1-21(19,20)17-11-7-8-14(13-17)12-16(18)15-9-5-3-2-4-6-10-15/h14-16,18H,2-13H2,1H3. The van der Waals surface area contributed by atoms with Crippen LogP contribution in [-0.2, 0) is 10.0 Å². The zero-order valence-corrected chi connectivity index (χ0v) is 14.2. The molecular formula is C16H31NO3S. The van der Waals surface area contributed by atoms with Gasteiger partial charge in [-0.05, 0) is 43.9 Å². The quantitative estimate of drug-likeness (QED) is 0.867. The van der Waals surface area contributed by atoms with Crippen LogP contribution < -0.4 is 0 Å². The molecule has 1 saturated carbocycles. The summed E-state index contributed by atoms with van der Waals surface area (Å²) in [5, 5.41) is 10.6. The molecule has 1 aliphatic heterocycles. The van der Waals surface area contributed by atoms with Crippen LogP contribution >= 0.6 is 0 Å². The second-order valence-corrected chi connectivity index (χ2v) is 9.02. The van der Waals surface area contributed by atoms with E-state index in [1.165, 1.54) is 38.4 Å². The first-order chi connectivity index (χ1) is 9.97. The summed E-state index contributed by atoms with van der Waals surface area (Å²) < 4.78 is 24.9. The molecule has 0 aromatic rings. The first-order valence-corrected chi connectivity index (χ1v) is 10.4. The minimum absolute atomic E-state index is 0.243. The van der Waals surface area contributed by atoms with Gasteiger partial charge in [0.25, 0.3) is 0 Å². The predicted octanol–water partition coefficient (Wildman–Crippen LogP) is 2.77. The van der Waals surface area contributed by atoms with E-state index in [9.17, 15) is 13.5 Å². The Hall–Kier alpha value is -0.130. The molecule has 2 rings (SSSR count). The molecule has 1 aliphatic carbocycles. The smallest absolute Gasteiger partial charge is 0.211 e. The minimum atomic E-state index is -3.08. The zero-order valence-electron chi connectivity index (χ0n) is 13.3. The third kappa shape index (κ3) is 5.53. The Bertz CT molecular complexity index is 402. The summed E-state index contributed by atoms with van der Waals surface area (Å²) in [7, 11) is -3.08. The van der Waals surface area contributed by atoms with Crippen LogP contribution in [0.2, 0.25) is 0 Å². The normalized spacial score (nSPS) is 28.8. The Kier molecular flexibility index (Phi) is 6.51. The molecule has 2 aliphatic rings. The second kappa shape index (κ2) is 7.93. The van der Waals surface area contributed by atoms with Crippen molar-refractivity contribution in [2.24, 2.45) is 11.8 Å². The van der Waals surface area contributed by atoms with Gasteiger partial charge in [-0.3, -0.25) is 0 Å². The average Bonchev–Trinajstić information content (AvgIpc) is 2.37. The van der Waals surface area contributed by atoms with Crippen molar-refractivity contribution in [3.05, 3.63) is 0 Å². The highest BCUT2D eigenvalue weighted by atomic mass is 32.2. The monoisotopic (exact) mass is 317 g/mol. The Labute approximate surface area is 130 Å². The number of sulfonamides is 1. The molecule has 0 amide bonds. The summed E-state index contributed by atoms with van der Waals surface area (Å²) >= 11 is 0. The molecule has 2 unspecified atom stereocenters. The molecule has 1 N–H and O–H groups in total. The summed E-state index contributed by atoms with van der Waals surface area (Å²) in [4.78, 5) is 0. The van der Waals surface area contributed by atoms with E-state index in [0.29, 0.717) is 24.9 Å². The van der Waals surface area contributed by atoms with E-state index in [4.69, 9.17) is 0 Å². The number of hydrogen-bond acceptors (Lipinski definition) is 3. The average molecular weight is 317 g/mol. The van der Waals surface area contributed by atoms with Crippen molar-refractivity contribution < 1.29 is 13.5 Å². The van der Waals surface area contributed by atoms with E-state index in [0.717, 1.165) is 32.1 Å². The molecule has 5 heteroatoms. The van der Waals surface area contributed by atoms with E-state index in [1.54, 1.807) is 4.31 Å². The maximum absolute atomic E-state index is 11.7. The van der Waals surface area contributed by atoms with Crippen molar-refractivity contribution >= 4 is 10.0 Å². The molecule has 1 heterocycles. The number of hydrogen-bond donors (Lipinski definition) is 1. The SMILES string of the molecule is CS(=O)(=O)N1CCCC(CC(O)C2CCCCCCC2)C1. The predicted molar refractivity (Wildman–Crippen MR) is 85.6 cm³/mol. The van der Waals surface area contributed by atoms with Crippen LogP contribution in [0.3, 0.4) is 0 Å². The fourth-order valence-electron chi connectivity index (χ4n) is 3.93. The highest BCUT2D eigenvalue weighted by Gasteiger charge is 2.29. The van der Waals surface area contributed by atoms with E-state index in [2.05, 4.69) is 0 Å². The molecule has 124 valence electrons. The van der Waals surface area contributed by atoms with E-state index in [1.807, 2.05) is 0 Å². The Morgan fingerprint density at radius 2 is 1.67 bits per heavy atom. The van der Waals surface area contributed by atoms with Crippen molar-refractivity contribution in [1.29, 1.82) is 0 Å². The largest absolute Gasteiger partial charge is 0.393 e. The summed E-state index contributed by atoms with van der Waals surface area (Å²) in [5.41, 5.74) is 0. The van der Waals surface area contributed by atoms with Crippen molar-refractivity contribution in [2.45, 2.75) is 70.3 Å². The fraction of sp³-hybridized carbons (Fsp3) is 1.00. The van der Waals surface area contributed by atoms with Crippen LogP contribution in [0, 0.1) is 11.8 Å². The van der Waals surface area contributed by atoms with Crippen molar-refractivity contribution in [1.82, 2.24) is 4.31 Å². The van der Waals surface area contributed by atoms with Crippen LogP contribution in [-0.4, -0.2) is 43.3 Å². The summed E-state index contributed by atoms with van der Waals surface area (Å²) in [6.45, 7) is 1.25. The third-order valence-electron chi connectivity index (χ3n) is 5.22. The lowest BCUT2D eigenvalue weighted by Gasteiger charge is -2.34. The lowest BCUT2D eigenvalue weighted by molar-refractivity contribution is 0.0580. The first-order valence-electron chi connectivity index (χ1n) is 8.60. The van der Waals surface area contributed by atoms with Crippen LogP contribution in [0.5, 0.6) is 0 Å². The number of nitrogens with zero attached hydrogens (tertiary/aromatic N) is 1. The molecule has 0 aromatic carbocycles. The Morgan fingerprint density at radius 1 is 1.05 bits per heavy atom. The lowest BCUT2D eigenvalue weighted by Crippen LogP contribution is -2.40. The second-order valence-electron chi connectivity index (χ2n) is 7.04. The highest BCUT2D eigenvalue weighted by Crippen LogP contribution is 2.30. The van der Waals surface area contributed by atoms with Gasteiger partial charge in [-0.15, -0.1) is 0 Å². The van der Waals surface area contributed by atoms with E-state index < -0.39 is 10.0 Å². The molecule has 1 saturated heterocycles. The van der Waals surface area contributed by atoms with Gasteiger partial charge >= 0.3 is 0 Å². The van der Waals surface area contributed by atoms with Gasteiger partial charge < -0.3 is 5.11 Å². The summed E-state index contributed by atoms with van der Waals surface area (Å²) in [6, 6.07) is 0. The van der Waals surface area contributed by atoms with Crippen LogP contribution in [0.15, 0.2) is 0 Å². The fourth-order valence-corrected chi connectivity index (χ4v) is 4.87. The van der Waals surface area contributed by atoms with Crippen LogP contribution in [0.25, 0.3) is 0 Å². The van der Waals surface area contributed by atoms with E-state index in [-0.39, 0.29) is 6.10 Å². The van der Waals surface area contributed by atoms with Gasteiger partial charge in [0.15, 0.2) is 0 Å². The van der Waals surface area contributed by atoms with E-state index >= 15 is 0 Å². The number of piperidine rings is 1. The molecule has 0 spiro atoms. The van der Waals surface area contributed by atoms with Gasteiger partial charge in [0.2, 0.25) is 10.0 Å². The van der Waals surface area contributed by atoms with Crippen LogP contribution in [0.4, 0.5) is 0 Å². The molecule has 0 aromatic heterocycles. The minimum Gasteiger partial charge on any atom is -0.393 e. The maximum atomic E-state index is 11.7. The van der Waals surface area contributed by atoms with Crippen LogP contribution in [0.1, 0.15) is 64.2 Å². The van der Waals surface area contributed by atoms with Gasteiger partial charge in [-0.25, -0.2) is 12.7 Å². The summed E-state index contributed by atoms with van der Waals surface area (Å²) in [5.74, 6) is 0.757. The van der Waals surface area contributed by atoms with Crippen molar-refractivity contribution in [2.75, 3.05) is 19.3 Å². The van der Waals surface area contributed by atoms with Gasteiger partial charge in [0, 0.05) is 13.1 Å². The lowest BCUT2D eigenvalue weighted by atomic mass is 9.82. The number of rotatable bonds is 4. The first kappa shape index (κ1) is 17.2. The molecule has 21 heavy (non-hydrogen) atoms. The Balaban J connectivity index is 1.84. The Morgan fingerprint density at radius 3 is 2.29 bits per heavy atom. The molecule has 0 bridgehead atoms. The summed E-state index contributed by atoms with van der Waals surface area (Å²) in [6.07, 6.45) is 12.5. The molecular weight excluding hydrogens is 286 g/mol. The number of aliphatic hydroxyl groups is 1. The molecule has 2 atom stereocenters. The topological polar surface area (TPSA) is 57.6 Å². The zero-order chi connectivity index (χ0) is 15.3. The van der Waals surface area contributed by atoms with Crippen molar-refractivity contribution in [3.63, 3.8) is 0 Å². The number of aliphatic hydroxyl groups excluding tert-OH is 1. The maximum Gasteiger partial charge on any atom is 0.211 e. The van der Waals surface area contributed by atoms with Gasteiger partial charge in [0.05, 0.1) is 12.4 Å². The van der Waals surface area contributed by atoms with Gasteiger partial charge in [-0.2, -0.15) is 0 Å². The molecule has 0 radical (unpaired) electrons. The van der Waals surface area contributed by atoms with Gasteiger partial charge in [-0.1, -0.05) is 32.1 Å².